The molecule has 0 amide bonds. The van der Waals surface area contributed by atoms with Crippen molar-refractivity contribution < 1.29 is 9.84 Å². The second kappa shape index (κ2) is 7.79. The fraction of sp³-hybridized carbons (Fsp3) is 0.0952. The van der Waals surface area contributed by atoms with Gasteiger partial charge in [0.2, 0.25) is 0 Å². The summed E-state index contributed by atoms with van der Waals surface area (Å²) in [6, 6.07) is 8.84. The average molecular weight is 374 g/mol. The first-order valence-corrected chi connectivity index (χ1v) is 8.78. The van der Waals surface area contributed by atoms with E-state index in [1.807, 2.05) is 36.6 Å². The van der Waals surface area contributed by atoms with Crippen LogP contribution in [0.1, 0.15) is 12.0 Å². The van der Waals surface area contributed by atoms with E-state index in [1.54, 1.807) is 24.4 Å². The van der Waals surface area contributed by atoms with Crippen LogP contribution in [0.2, 0.25) is 0 Å². The van der Waals surface area contributed by atoms with E-state index < -0.39 is 0 Å². The number of phenols is 1. The molecule has 1 aliphatic rings. The molecule has 0 fully saturated rings. The Morgan fingerprint density at radius 1 is 1.32 bits per heavy atom. The molecule has 0 spiro atoms. The van der Waals surface area contributed by atoms with Crippen molar-refractivity contribution in [2.45, 2.75) is 13.0 Å². The highest BCUT2D eigenvalue weighted by molar-refractivity contribution is 5.76. The Balaban J connectivity index is 1.47. The van der Waals surface area contributed by atoms with Crippen molar-refractivity contribution in [3.63, 3.8) is 0 Å². The molecule has 0 aliphatic heterocycles. The van der Waals surface area contributed by atoms with Crippen molar-refractivity contribution in [1.29, 1.82) is 0 Å². The van der Waals surface area contributed by atoms with E-state index in [4.69, 9.17) is 4.74 Å². The molecule has 1 aliphatic carbocycles. The summed E-state index contributed by atoms with van der Waals surface area (Å²) in [5.74, 6) is 0.818. The van der Waals surface area contributed by atoms with Crippen molar-refractivity contribution in [3.8, 4) is 11.8 Å². The smallest absolute Gasteiger partial charge is 0.302 e. The molecular weight excluding hydrogens is 356 g/mol. The number of nitrogens with zero attached hydrogens (tertiary/aromatic N) is 2. The third kappa shape index (κ3) is 4.09. The fourth-order valence-corrected chi connectivity index (χ4v) is 2.86. The number of nitrogens with one attached hydrogen (secondary N) is 2. The number of aromatic nitrogens is 3. The molecule has 4 rings (SSSR count). The third-order valence-corrected chi connectivity index (χ3v) is 4.17. The molecule has 28 heavy (non-hydrogen) atoms. The summed E-state index contributed by atoms with van der Waals surface area (Å²) < 4.78 is 5.73. The topological polar surface area (TPSA) is 100 Å². The average Bonchev–Trinajstić information content (AvgIpc) is 2.68. The number of phenolic OH excluding ortho intramolecular Hbond substituents is 1. The largest absolute Gasteiger partial charge is 0.508 e. The molecule has 7 nitrogen and oxygen atoms in total. The highest BCUT2D eigenvalue weighted by atomic mass is 16.5. The molecule has 3 aromatic rings. The van der Waals surface area contributed by atoms with Crippen LogP contribution in [0.25, 0.3) is 10.9 Å². The van der Waals surface area contributed by atoms with Gasteiger partial charge in [0.05, 0.1) is 17.1 Å². The molecule has 0 atom stereocenters. The third-order valence-electron chi connectivity index (χ3n) is 4.17. The van der Waals surface area contributed by atoms with Crippen LogP contribution in [0.4, 0.5) is 0 Å². The minimum Gasteiger partial charge on any atom is -0.508 e. The molecular formula is C21H18N4O3. The van der Waals surface area contributed by atoms with Crippen LogP contribution < -0.4 is 15.6 Å². The SMILES string of the molecule is O=c1[nH]c(OC2=C/C(=C/NCc3cccc(O)c3)CC=C2)nc2cnccc12. The number of fused-ring (bicyclic) bond motifs is 1. The maximum atomic E-state index is 12.1. The van der Waals surface area contributed by atoms with Crippen LogP contribution in [0.15, 0.2) is 83.3 Å². The highest BCUT2D eigenvalue weighted by Gasteiger charge is 2.08. The van der Waals surface area contributed by atoms with Gasteiger partial charge in [0, 0.05) is 18.9 Å². The number of allylic oxidation sites excluding steroid dienone is 4. The molecule has 1 aromatic carbocycles. The molecule has 2 heterocycles. The first kappa shape index (κ1) is 17.5. The van der Waals surface area contributed by atoms with Crippen LogP contribution in [-0.4, -0.2) is 20.1 Å². The van der Waals surface area contributed by atoms with E-state index in [9.17, 15) is 9.90 Å². The van der Waals surface area contributed by atoms with Gasteiger partial charge in [-0.3, -0.25) is 14.8 Å². The first-order chi connectivity index (χ1) is 13.7. The Bertz CT molecular complexity index is 1160. The van der Waals surface area contributed by atoms with Crippen LogP contribution >= 0.6 is 0 Å². The zero-order valence-electron chi connectivity index (χ0n) is 14.9. The number of benzene rings is 1. The quantitative estimate of drug-likeness (QED) is 0.635. The summed E-state index contributed by atoms with van der Waals surface area (Å²) >= 11 is 0. The van der Waals surface area contributed by atoms with Crippen molar-refractivity contribution >= 4 is 10.9 Å². The van der Waals surface area contributed by atoms with E-state index >= 15 is 0 Å². The van der Waals surface area contributed by atoms with E-state index in [1.165, 1.54) is 6.20 Å². The van der Waals surface area contributed by atoms with Gasteiger partial charge in [0.15, 0.2) is 0 Å². The van der Waals surface area contributed by atoms with Gasteiger partial charge < -0.3 is 15.2 Å². The summed E-state index contributed by atoms with van der Waals surface area (Å²) in [4.78, 5) is 23.0. The summed E-state index contributed by atoms with van der Waals surface area (Å²) in [6.45, 7) is 0.595. The number of pyridine rings is 1. The van der Waals surface area contributed by atoms with Gasteiger partial charge >= 0.3 is 6.01 Å². The summed E-state index contributed by atoms with van der Waals surface area (Å²) in [5, 5.41) is 13.2. The van der Waals surface area contributed by atoms with Crippen LogP contribution in [0.5, 0.6) is 11.8 Å². The standard InChI is InChI=1S/C21H18N4O3/c26-16-5-1-3-14(9-16)11-23-12-15-4-2-6-17(10-15)28-21-24-19-13-22-8-7-18(19)20(27)25-21/h1-3,5-10,12-13,23,26H,4,11H2,(H,24,25,27)/b15-12+. The minimum atomic E-state index is -0.272. The Labute approximate surface area is 160 Å². The van der Waals surface area contributed by atoms with E-state index in [2.05, 4.69) is 20.3 Å². The van der Waals surface area contributed by atoms with Crippen LogP contribution in [0, 0.1) is 0 Å². The van der Waals surface area contributed by atoms with Gasteiger partial charge in [0.1, 0.15) is 11.5 Å². The predicted octanol–water partition coefficient (Wildman–Crippen LogP) is 2.92. The Kier molecular flexibility index (Phi) is 4.88. The molecule has 0 unspecified atom stereocenters. The molecule has 0 radical (unpaired) electrons. The summed E-state index contributed by atoms with van der Waals surface area (Å²) in [6.07, 6.45) is 11.4. The number of ether oxygens (including phenoxy) is 1. The van der Waals surface area contributed by atoms with Gasteiger partial charge in [-0.1, -0.05) is 18.2 Å². The maximum Gasteiger partial charge on any atom is 0.302 e. The van der Waals surface area contributed by atoms with Crippen molar-refractivity contribution in [1.82, 2.24) is 20.3 Å². The van der Waals surface area contributed by atoms with Crippen LogP contribution in [-0.2, 0) is 6.54 Å². The molecule has 0 saturated carbocycles. The van der Waals surface area contributed by atoms with E-state index in [-0.39, 0.29) is 17.3 Å². The lowest BCUT2D eigenvalue weighted by Gasteiger charge is -2.11. The second-order valence-corrected chi connectivity index (χ2v) is 6.29. The maximum absolute atomic E-state index is 12.1. The first-order valence-electron chi connectivity index (χ1n) is 8.78. The van der Waals surface area contributed by atoms with Gasteiger partial charge in [-0.2, -0.15) is 4.98 Å². The van der Waals surface area contributed by atoms with Crippen molar-refractivity contribution in [2.75, 3.05) is 0 Å². The molecule has 0 bridgehead atoms. The van der Waals surface area contributed by atoms with Gasteiger partial charge in [0.25, 0.3) is 5.56 Å². The lowest BCUT2D eigenvalue weighted by atomic mass is 10.1. The van der Waals surface area contributed by atoms with E-state index in [0.717, 1.165) is 17.6 Å². The monoisotopic (exact) mass is 374 g/mol. The number of aromatic amines is 1. The Hall–Kier alpha value is -3.87. The van der Waals surface area contributed by atoms with Crippen molar-refractivity contribution in [3.05, 3.63) is 94.4 Å². The van der Waals surface area contributed by atoms with Crippen molar-refractivity contribution in [2.24, 2.45) is 0 Å². The number of H-pyrrole nitrogens is 1. The molecule has 3 N–H and O–H groups in total. The zero-order valence-corrected chi connectivity index (χ0v) is 14.9. The predicted molar refractivity (Wildman–Crippen MR) is 106 cm³/mol. The van der Waals surface area contributed by atoms with E-state index in [0.29, 0.717) is 23.2 Å². The fourth-order valence-electron chi connectivity index (χ4n) is 2.86. The number of rotatable bonds is 5. The normalized spacial score (nSPS) is 14.9. The summed E-state index contributed by atoms with van der Waals surface area (Å²) in [5.41, 5.74) is 2.20. The lowest BCUT2D eigenvalue weighted by molar-refractivity contribution is 0.406. The van der Waals surface area contributed by atoms with Gasteiger partial charge in [-0.25, -0.2) is 0 Å². The number of hydrogen-bond donors (Lipinski definition) is 3. The van der Waals surface area contributed by atoms with Gasteiger partial charge in [-0.15, -0.1) is 0 Å². The Morgan fingerprint density at radius 2 is 2.25 bits per heavy atom. The molecule has 140 valence electrons. The van der Waals surface area contributed by atoms with Crippen LogP contribution in [0.3, 0.4) is 0 Å². The highest BCUT2D eigenvalue weighted by Crippen LogP contribution is 2.18. The zero-order chi connectivity index (χ0) is 19.3. The molecule has 7 heteroatoms. The Morgan fingerprint density at radius 3 is 3.14 bits per heavy atom. The molecule has 0 saturated heterocycles. The number of hydrogen-bond acceptors (Lipinski definition) is 6. The number of aromatic hydroxyl groups is 1. The molecule has 2 aromatic heterocycles. The second-order valence-electron chi connectivity index (χ2n) is 6.29. The minimum absolute atomic E-state index is 0.121. The van der Waals surface area contributed by atoms with Gasteiger partial charge in [-0.05, 0) is 47.9 Å². The summed E-state index contributed by atoms with van der Waals surface area (Å²) in [7, 11) is 0. The lowest BCUT2D eigenvalue weighted by Crippen LogP contribution is -2.11.